The van der Waals surface area contributed by atoms with Crippen LogP contribution in [0.1, 0.15) is 59.8 Å². The van der Waals surface area contributed by atoms with Crippen molar-refractivity contribution in [2.24, 2.45) is 0 Å². The van der Waals surface area contributed by atoms with Gasteiger partial charge in [-0.25, -0.2) is 0 Å². The lowest BCUT2D eigenvalue weighted by Crippen LogP contribution is -2.47. The second-order valence-corrected chi connectivity index (χ2v) is 8.13. The molecule has 1 saturated carbocycles. The summed E-state index contributed by atoms with van der Waals surface area (Å²) in [5.41, 5.74) is 2.86. The van der Waals surface area contributed by atoms with Crippen molar-refractivity contribution in [2.75, 3.05) is 4.90 Å². The Bertz CT molecular complexity index is 994. The molecule has 31 heavy (non-hydrogen) atoms. The van der Waals surface area contributed by atoms with Gasteiger partial charge in [0.1, 0.15) is 11.7 Å². The van der Waals surface area contributed by atoms with Crippen molar-refractivity contribution in [3.05, 3.63) is 83.9 Å². The Balaban J connectivity index is 1.76. The third-order valence-corrected chi connectivity index (χ3v) is 5.82. The second kappa shape index (κ2) is 9.60. The van der Waals surface area contributed by atoms with E-state index in [0.717, 1.165) is 31.2 Å². The van der Waals surface area contributed by atoms with Crippen LogP contribution in [0.25, 0.3) is 0 Å². The number of hydrogen-bond acceptors (Lipinski definition) is 3. The summed E-state index contributed by atoms with van der Waals surface area (Å²) in [6.45, 7) is 2.00. The van der Waals surface area contributed by atoms with Gasteiger partial charge in [0.2, 0.25) is 5.91 Å². The van der Waals surface area contributed by atoms with Gasteiger partial charge in [-0.15, -0.1) is 0 Å². The van der Waals surface area contributed by atoms with Gasteiger partial charge in [0.15, 0.2) is 0 Å². The molecule has 1 fully saturated rings. The number of H-pyrrole nitrogens is 1. The average Bonchev–Trinajstić information content (AvgIpc) is 3.34. The van der Waals surface area contributed by atoms with Crippen LogP contribution < -0.4 is 10.2 Å². The number of carbonyl (C=O) groups is 2. The Morgan fingerprint density at radius 2 is 1.84 bits per heavy atom. The average molecular weight is 417 g/mol. The number of aromatic nitrogens is 2. The standard InChI is InChI=1S/C25H28N4O2/c1-18-11-13-21(14-12-18)29(25(31)22-10-6-16-27-22)23(19-7-5-15-26-17-19)24(30)28-20-8-3-2-4-9-20/h5-7,10-17,20,23,27H,2-4,8-9H2,1H3,(H,28,30). The van der Waals surface area contributed by atoms with Crippen molar-refractivity contribution in [3.63, 3.8) is 0 Å². The van der Waals surface area contributed by atoms with Gasteiger partial charge in [0, 0.05) is 35.9 Å². The molecule has 2 heterocycles. The molecule has 1 unspecified atom stereocenters. The van der Waals surface area contributed by atoms with Crippen LogP contribution in [0.4, 0.5) is 5.69 Å². The Kier molecular flexibility index (Phi) is 6.46. The summed E-state index contributed by atoms with van der Waals surface area (Å²) in [6.07, 6.45) is 10.4. The number of aromatic amines is 1. The van der Waals surface area contributed by atoms with Gasteiger partial charge in [-0.1, -0.05) is 43.0 Å². The van der Waals surface area contributed by atoms with E-state index in [1.165, 1.54) is 6.42 Å². The third-order valence-electron chi connectivity index (χ3n) is 5.82. The second-order valence-electron chi connectivity index (χ2n) is 8.13. The van der Waals surface area contributed by atoms with Crippen molar-refractivity contribution < 1.29 is 9.59 Å². The van der Waals surface area contributed by atoms with E-state index < -0.39 is 6.04 Å². The highest BCUT2D eigenvalue weighted by molar-refractivity contribution is 6.09. The molecule has 0 bridgehead atoms. The molecular formula is C25H28N4O2. The maximum Gasteiger partial charge on any atom is 0.275 e. The third kappa shape index (κ3) is 4.85. The van der Waals surface area contributed by atoms with Crippen molar-refractivity contribution >= 4 is 17.5 Å². The maximum absolute atomic E-state index is 13.6. The predicted molar refractivity (Wildman–Crippen MR) is 121 cm³/mol. The van der Waals surface area contributed by atoms with Gasteiger partial charge in [0.05, 0.1) is 0 Å². The lowest BCUT2D eigenvalue weighted by molar-refractivity contribution is -0.123. The first kappa shape index (κ1) is 20.8. The summed E-state index contributed by atoms with van der Waals surface area (Å²) in [6, 6.07) is 14.1. The van der Waals surface area contributed by atoms with E-state index in [9.17, 15) is 9.59 Å². The van der Waals surface area contributed by atoms with Crippen LogP contribution in [-0.4, -0.2) is 27.8 Å². The monoisotopic (exact) mass is 416 g/mol. The number of nitrogens with one attached hydrogen (secondary N) is 2. The smallest absolute Gasteiger partial charge is 0.275 e. The lowest BCUT2D eigenvalue weighted by atomic mass is 9.94. The highest BCUT2D eigenvalue weighted by Gasteiger charge is 2.35. The number of pyridine rings is 1. The van der Waals surface area contributed by atoms with Crippen molar-refractivity contribution in [3.8, 4) is 0 Å². The van der Waals surface area contributed by atoms with Gasteiger partial charge in [0.25, 0.3) is 5.91 Å². The number of anilines is 1. The van der Waals surface area contributed by atoms with E-state index in [4.69, 9.17) is 0 Å². The van der Waals surface area contributed by atoms with Crippen LogP contribution in [0.15, 0.2) is 67.1 Å². The molecule has 2 amide bonds. The van der Waals surface area contributed by atoms with Crippen LogP contribution >= 0.6 is 0 Å². The molecule has 1 aliphatic rings. The fourth-order valence-electron chi connectivity index (χ4n) is 4.16. The van der Waals surface area contributed by atoms with Gasteiger partial charge in [-0.3, -0.25) is 19.5 Å². The molecule has 1 aromatic carbocycles. The van der Waals surface area contributed by atoms with E-state index in [2.05, 4.69) is 15.3 Å². The topological polar surface area (TPSA) is 78.1 Å². The molecule has 6 heteroatoms. The minimum Gasteiger partial charge on any atom is -0.357 e. The number of rotatable bonds is 6. The SMILES string of the molecule is Cc1ccc(N(C(=O)c2ccc[nH]2)C(C(=O)NC2CCCCC2)c2cccnc2)cc1. The van der Waals surface area contributed by atoms with Gasteiger partial charge < -0.3 is 10.3 Å². The van der Waals surface area contributed by atoms with Crippen molar-refractivity contribution in [1.29, 1.82) is 0 Å². The van der Waals surface area contributed by atoms with E-state index in [1.54, 1.807) is 41.7 Å². The number of hydrogen-bond donors (Lipinski definition) is 2. The molecule has 160 valence electrons. The maximum atomic E-state index is 13.6. The first-order valence-corrected chi connectivity index (χ1v) is 10.9. The predicted octanol–water partition coefficient (Wildman–Crippen LogP) is 4.56. The molecule has 3 aromatic rings. The highest BCUT2D eigenvalue weighted by atomic mass is 16.2. The molecule has 2 N–H and O–H groups in total. The molecule has 0 spiro atoms. The Labute approximate surface area is 182 Å². The van der Waals surface area contributed by atoms with E-state index in [1.807, 2.05) is 37.3 Å². The summed E-state index contributed by atoms with van der Waals surface area (Å²) in [7, 11) is 0. The number of aryl methyl sites for hydroxylation is 1. The zero-order valence-corrected chi connectivity index (χ0v) is 17.8. The Morgan fingerprint density at radius 3 is 2.48 bits per heavy atom. The van der Waals surface area contributed by atoms with Crippen LogP contribution in [0, 0.1) is 6.92 Å². The molecule has 2 aromatic heterocycles. The molecular weight excluding hydrogens is 388 g/mol. The zero-order valence-electron chi connectivity index (χ0n) is 17.8. The number of benzene rings is 1. The van der Waals surface area contributed by atoms with Gasteiger partial charge in [-0.05, 0) is 50.1 Å². The molecule has 1 atom stereocenters. The van der Waals surface area contributed by atoms with E-state index in [-0.39, 0.29) is 17.9 Å². The van der Waals surface area contributed by atoms with Gasteiger partial charge >= 0.3 is 0 Å². The molecule has 1 aliphatic carbocycles. The molecule has 0 radical (unpaired) electrons. The van der Waals surface area contributed by atoms with E-state index >= 15 is 0 Å². The number of nitrogens with zero attached hydrogens (tertiary/aromatic N) is 2. The van der Waals surface area contributed by atoms with E-state index in [0.29, 0.717) is 16.9 Å². The zero-order chi connectivity index (χ0) is 21.6. The van der Waals surface area contributed by atoms with Crippen LogP contribution in [-0.2, 0) is 4.79 Å². The minimum absolute atomic E-state index is 0.140. The number of amides is 2. The Hall–Kier alpha value is -3.41. The fraction of sp³-hybridized carbons (Fsp3) is 0.320. The van der Waals surface area contributed by atoms with Crippen LogP contribution in [0.2, 0.25) is 0 Å². The molecule has 4 rings (SSSR count). The summed E-state index contributed by atoms with van der Waals surface area (Å²) in [4.78, 5) is 36.0. The summed E-state index contributed by atoms with van der Waals surface area (Å²) in [5.74, 6) is -0.443. The minimum atomic E-state index is -0.825. The Morgan fingerprint density at radius 1 is 1.06 bits per heavy atom. The fourth-order valence-corrected chi connectivity index (χ4v) is 4.16. The van der Waals surface area contributed by atoms with Crippen molar-refractivity contribution in [2.45, 2.75) is 51.1 Å². The summed E-state index contributed by atoms with van der Waals surface area (Å²) >= 11 is 0. The first-order chi connectivity index (χ1) is 15.1. The van der Waals surface area contributed by atoms with Crippen molar-refractivity contribution in [1.82, 2.24) is 15.3 Å². The quantitative estimate of drug-likeness (QED) is 0.619. The number of carbonyl (C=O) groups excluding carboxylic acids is 2. The lowest BCUT2D eigenvalue weighted by Gasteiger charge is -2.33. The first-order valence-electron chi connectivity index (χ1n) is 10.9. The highest BCUT2D eigenvalue weighted by Crippen LogP contribution is 2.30. The van der Waals surface area contributed by atoms with Crippen LogP contribution in [0.5, 0.6) is 0 Å². The normalized spacial score (nSPS) is 15.3. The summed E-state index contributed by atoms with van der Waals surface area (Å²) < 4.78 is 0. The molecule has 0 saturated heterocycles. The molecule has 0 aliphatic heterocycles. The summed E-state index contributed by atoms with van der Waals surface area (Å²) in [5, 5.41) is 3.21. The largest absolute Gasteiger partial charge is 0.357 e. The van der Waals surface area contributed by atoms with Gasteiger partial charge in [-0.2, -0.15) is 0 Å². The van der Waals surface area contributed by atoms with Crippen LogP contribution in [0.3, 0.4) is 0 Å². The molecule has 6 nitrogen and oxygen atoms in total.